The predicted molar refractivity (Wildman–Crippen MR) is 120 cm³/mol. The maximum Gasteiger partial charge on any atom is 0.490 e. The average molecular weight is 491 g/mol. The smallest absolute Gasteiger partial charge is 0.479 e. The van der Waals surface area contributed by atoms with Crippen LogP contribution in [0.1, 0.15) is 31.9 Å². The van der Waals surface area contributed by atoms with E-state index in [9.17, 15) is 18.0 Å². The molecule has 1 aliphatic rings. The molecule has 186 valence electrons. The monoisotopic (exact) mass is 491 g/mol. The molecule has 3 aromatic heterocycles. The van der Waals surface area contributed by atoms with Gasteiger partial charge in [-0.1, -0.05) is 13.3 Å². The molecule has 1 atom stereocenters. The second-order valence-electron chi connectivity index (χ2n) is 7.84. The van der Waals surface area contributed by atoms with E-state index >= 15 is 0 Å². The normalized spacial score (nSPS) is 15.9. The minimum absolute atomic E-state index is 0.00815. The summed E-state index contributed by atoms with van der Waals surface area (Å²) in [5.74, 6) is -2.34. The number of nitrogens with one attached hydrogen (secondary N) is 1. The van der Waals surface area contributed by atoms with Gasteiger partial charge in [-0.15, -0.1) is 0 Å². The molecule has 0 saturated carbocycles. The number of ether oxygens (including phenoxy) is 1. The summed E-state index contributed by atoms with van der Waals surface area (Å²) in [5.41, 5.74) is 4.04. The summed E-state index contributed by atoms with van der Waals surface area (Å²) in [7, 11) is 1.57. The van der Waals surface area contributed by atoms with Crippen LogP contribution in [0.5, 0.6) is 5.88 Å². The molecular weight excluding hydrogens is 467 g/mol. The lowest BCUT2D eigenvalue weighted by Crippen LogP contribution is -2.21. The van der Waals surface area contributed by atoms with E-state index in [4.69, 9.17) is 19.7 Å². The highest BCUT2D eigenvalue weighted by molar-refractivity contribution is 5.95. The van der Waals surface area contributed by atoms with Crippen molar-refractivity contribution in [1.29, 1.82) is 0 Å². The van der Waals surface area contributed by atoms with Crippen molar-refractivity contribution in [2.45, 2.75) is 38.8 Å². The lowest BCUT2D eigenvalue weighted by Gasteiger charge is -2.13. The molecule has 0 aliphatic carbocycles. The number of aryl methyl sites for hydroxylation is 1. The van der Waals surface area contributed by atoms with Crippen molar-refractivity contribution in [3.8, 4) is 22.8 Å². The molecule has 0 saturated heterocycles. The number of hydrogen-bond acceptors (Lipinski definition) is 6. The van der Waals surface area contributed by atoms with Gasteiger partial charge in [0.25, 0.3) is 0 Å². The SMILES string of the molecule is COc1ncccc1-n1cc2c(n1)-c1ccnc(c1)CCCCC(C)C(=O)N2.O=C(O)C(F)(F)F. The van der Waals surface area contributed by atoms with E-state index in [2.05, 4.69) is 15.3 Å². The Morgan fingerprint density at radius 2 is 1.97 bits per heavy atom. The third kappa shape index (κ3) is 6.55. The number of nitrogens with zero attached hydrogens (tertiary/aromatic N) is 4. The second kappa shape index (κ2) is 11.0. The van der Waals surface area contributed by atoms with Crippen molar-refractivity contribution >= 4 is 17.6 Å². The number of carbonyl (C=O) groups excluding carboxylic acids is 1. The van der Waals surface area contributed by atoms with Gasteiger partial charge >= 0.3 is 12.1 Å². The zero-order chi connectivity index (χ0) is 25.6. The molecule has 4 heterocycles. The Morgan fingerprint density at radius 3 is 2.66 bits per heavy atom. The van der Waals surface area contributed by atoms with Crippen LogP contribution in [0.2, 0.25) is 0 Å². The number of anilines is 1. The lowest BCUT2D eigenvalue weighted by atomic mass is 10.00. The largest absolute Gasteiger partial charge is 0.490 e. The van der Waals surface area contributed by atoms with Gasteiger partial charge in [0.2, 0.25) is 11.8 Å². The van der Waals surface area contributed by atoms with Crippen LogP contribution >= 0.6 is 0 Å². The van der Waals surface area contributed by atoms with Crippen molar-refractivity contribution in [2.24, 2.45) is 5.92 Å². The van der Waals surface area contributed by atoms with Crippen LogP contribution < -0.4 is 10.1 Å². The van der Waals surface area contributed by atoms with Crippen molar-refractivity contribution in [3.05, 3.63) is 48.5 Å². The Morgan fingerprint density at radius 1 is 1.23 bits per heavy atom. The van der Waals surface area contributed by atoms with E-state index in [1.165, 1.54) is 0 Å². The van der Waals surface area contributed by atoms with Gasteiger partial charge in [0, 0.05) is 29.6 Å². The summed E-state index contributed by atoms with van der Waals surface area (Å²) in [6, 6.07) is 7.67. The number of fused-ring (bicyclic) bond motifs is 4. The van der Waals surface area contributed by atoms with Crippen molar-refractivity contribution < 1.29 is 32.6 Å². The number of amides is 1. The first kappa shape index (κ1) is 25.7. The Balaban J connectivity index is 0.000000429. The maximum absolute atomic E-state index is 12.7. The number of carboxylic acids is 1. The summed E-state index contributed by atoms with van der Waals surface area (Å²) < 4.78 is 38.8. The summed E-state index contributed by atoms with van der Waals surface area (Å²) in [6.45, 7) is 1.97. The van der Waals surface area contributed by atoms with Crippen molar-refractivity contribution in [1.82, 2.24) is 19.7 Å². The van der Waals surface area contributed by atoms with Crippen molar-refractivity contribution in [3.63, 3.8) is 0 Å². The Labute approximate surface area is 199 Å². The van der Waals surface area contributed by atoms with Gasteiger partial charge in [0.1, 0.15) is 11.4 Å². The number of aromatic nitrogens is 4. The zero-order valence-electron chi connectivity index (χ0n) is 19.0. The standard InChI is InChI=1S/C21H23N5O2.C2HF3O2/c1-14-6-3-4-7-16-12-15(9-11-22-16)19-17(24-20(14)27)13-26(25-19)18-8-5-10-23-21(18)28-2;3-2(4,5)1(6)7/h5,8-14H,3-4,6-7H2,1-2H3,(H,24,27);(H,6,7). The van der Waals surface area contributed by atoms with E-state index in [1.54, 1.807) is 24.2 Å². The molecule has 3 aromatic rings. The molecule has 1 aliphatic heterocycles. The average Bonchev–Trinajstić information content (AvgIpc) is 3.24. The van der Waals surface area contributed by atoms with E-state index in [0.717, 1.165) is 36.9 Å². The van der Waals surface area contributed by atoms with E-state index in [-0.39, 0.29) is 11.8 Å². The Hall–Kier alpha value is -3.96. The molecule has 0 fully saturated rings. The molecule has 1 unspecified atom stereocenters. The summed E-state index contributed by atoms with van der Waals surface area (Å²) in [4.78, 5) is 30.3. The third-order valence-corrected chi connectivity index (χ3v) is 5.26. The number of methoxy groups -OCH3 is 1. The quantitative estimate of drug-likeness (QED) is 0.549. The fourth-order valence-corrected chi connectivity index (χ4v) is 3.42. The zero-order valence-corrected chi connectivity index (χ0v) is 19.0. The van der Waals surface area contributed by atoms with Gasteiger partial charge in [-0.25, -0.2) is 14.5 Å². The highest BCUT2D eigenvalue weighted by Gasteiger charge is 2.38. The Kier molecular flexibility index (Phi) is 8.05. The summed E-state index contributed by atoms with van der Waals surface area (Å²) in [6.07, 6.45) is 3.96. The molecule has 0 spiro atoms. The number of carboxylic acid groups (broad SMARTS) is 1. The van der Waals surface area contributed by atoms with Gasteiger partial charge < -0.3 is 15.2 Å². The molecule has 12 heteroatoms. The van der Waals surface area contributed by atoms with Gasteiger partial charge in [0.15, 0.2) is 0 Å². The number of halogens is 3. The van der Waals surface area contributed by atoms with E-state index in [0.29, 0.717) is 22.9 Å². The molecule has 0 aromatic carbocycles. The van der Waals surface area contributed by atoms with Crippen LogP contribution in [-0.2, 0) is 16.0 Å². The number of hydrogen-bond donors (Lipinski definition) is 2. The van der Waals surface area contributed by atoms with Crippen LogP contribution in [0.4, 0.5) is 18.9 Å². The Bertz CT molecular complexity index is 1200. The molecule has 35 heavy (non-hydrogen) atoms. The number of alkyl halides is 3. The molecule has 4 rings (SSSR count). The highest BCUT2D eigenvalue weighted by Crippen LogP contribution is 2.31. The van der Waals surface area contributed by atoms with Gasteiger partial charge in [0.05, 0.1) is 19.0 Å². The first-order valence-electron chi connectivity index (χ1n) is 10.8. The number of rotatable bonds is 2. The van der Waals surface area contributed by atoms with Crippen molar-refractivity contribution in [2.75, 3.05) is 12.4 Å². The summed E-state index contributed by atoms with van der Waals surface area (Å²) >= 11 is 0. The molecule has 2 N–H and O–H groups in total. The first-order valence-corrected chi connectivity index (χ1v) is 10.8. The molecule has 0 radical (unpaired) electrons. The van der Waals surface area contributed by atoms with E-state index in [1.807, 2.05) is 37.4 Å². The highest BCUT2D eigenvalue weighted by atomic mass is 19.4. The fourth-order valence-electron chi connectivity index (χ4n) is 3.42. The van der Waals surface area contributed by atoms with Crippen LogP contribution in [0.15, 0.2) is 42.9 Å². The lowest BCUT2D eigenvalue weighted by molar-refractivity contribution is -0.192. The number of carbonyl (C=O) groups is 2. The number of aliphatic carboxylic acids is 1. The first-order chi connectivity index (χ1) is 16.6. The van der Waals surface area contributed by atoms with Gasteiger partial charge in [-0.2, -0.15) is 18.3 Å². The molecule has 9 nitrogen and oxygen atoms in total. The van der Waals surface area contributed by atoms with Gasteiger partial charge in [-0.05, 0) is 43.5 Å². The van der Waals surface area contributed by atoms with E-state index < -0.39 is 12.1 Å². The molecule has 1 amide bonds. The fraction of sp³-hybridized carbons (Fsp3) is 0.348. The number of pyridine rings is 2. The summed E-state index contributed by atoms with van der Waals surface area (Å²) in [5, 5.41) is 14.9. The van der Waals surface area contributed by atoms with Crippen LogP contribution in [0, 0.1) is 5.92 Å². The third-order valence-electron chi connectivity index (χ3n) is 5.26. The van der Waals surface area contributed by atoms with Gasteiger partial charge in [-0.3, -0.25) is 9.78 Å². The minimum Gasteiger partial charge on any atom is -0.479 e. The predicted octanol–water partition coefficient (Wildman–Crippen LogP) is 4.27. The maximum atomic E-state index is 12.7. The van der Waals surface area contributed by atoms with Crippen LogP contribution in [0.3, 0.4) is 0 Å². The van der Waals surface area contributed by atoms with Crippen LogP contribution in [-0.4, -0.2) is 50.0 Å². The molecular formula is C23H24F3N5O4. The second-order valence-corrected chi connectivity index (χ2v) is 7.84. The topological polar surface area (TPSA) is 119 Å². The minimum atomic E-state index is -5.08. The van der Waals surface area contributed by atoms with Crippen LogP contribution in [0.25, 0.3) is 16.9 Å². The molecule has 2 bridgehead atoms.